The van der Waals surface area contributed by atoms with Crippen LogP contribution in [0.3, 0.4) is 0 Å². The van der Waals surface area contributed by atoms with Crippen LogP contribution in [0.1, 0.15) is 27.7 Å². The van der Waals surface area contributed by atoms with Crippen LogP contribution in [0.25, 0.3) is 0 Å². The summed E-state index contributed by atoms with van der Waals surface area (Å²) >= 11 is 0. The molecule has 94 valence electrons. The molecule has 2 rings (SSSR count). The molecule has 1 heterocycles. The Kier molecular flexibility index (Phi) is 6.16. The number of benzene rings is 1. The first-order valence-corrected chi connectivity index (χ1v) is 7.96. The first-order valence-electron chi connectivity index (χ1n) is 6.57. The van der Waals surface area contributed by atoms with E-state index in [0.717, 1.165) is 0 Å². The van der Waals surface area contributed by atoms with Crippen molar-refractivity contribution in [3.8, 4) is 0 Å². The minimum Gasteiger partial charge on any atom is -0.438 e. The number of nitrogens with zero attached hydrogens (tertiary/aromatic N) is 2. The van der Waals surface area contributed by atoms with Gasteiger partial charge in [-0.15, -0.1) is 9.12 Å². The van der Waals surface area contributed by atoms with Crippen LogP contribution < -0.4 is 24.0 Å². The van der Waals surface area contributed by atoms with E-state index in [1.54, 1.807) is 0 Å². The van der Waals surface area contributed by atoms with Crippen LogP contribution >= 0.6 is 0 Å². The van der Waals surface area contributed by atoms with Crippen LogP contribution in [-0.2, 0) is 0 Å². The molecule has 2 nitrogen and oxygen atoms in total. The molecule has 0 saturated carbocycles. The van der Waals surface area contributed by atoms with Crippen molar-refractivity contribution in [3.63, 3.8) is 0 Å². The molecule has 0 unspecified atom stereocenters. The summed E-state index contributed by atoms with van der Waals surface area (Å²) in [5.41, 5.74) is 0. The molecular formula is C14H23LiN2Si. The monoisotopic (exact) mass is 254 g/mol. The smallest absolute Gasteiger partial charge is 0.438 e. The fourth-order valence-corrected chi connectivity index (χ4v) is 5.60. The summed E-state index contributed by atoms with van der Waals surface area (Å²) in [5.74, 6) is 0. The standard InChI is InChI=1S/C14H23N2Si.Li/c1-12(2)15-10-11-16(13(3)4)17(15)14-8-6-5-7-9-14;/h5-9,12-13H,10-11H2,1-4H3;/q-1;+1. The predicted octanol–water partition coefficient (Wildman–Crippen LogP) is -1.18. The number of hydrogen-bond donors (Lipinski definition) is 0. The molecule has 0 N–H and O–H groups in total. The summed E-state index contributed by atoms with van der Waals surface area (Å²) in [6.45, 7) is 11.7. The number of hydrogen-bond acceptors (Lipinski definition) is 2. The molecule has 1 fully saturated rings. The van der Waals surface area contributed by atoms with Crippen LogP contribution in [0.5, 0.6) is 0 Å². The van der Waals surface area contributed by atoms with E-state index in [9.17, 15) is 0 Å². The van der Waals surface area contributed by atoms with E-state index in [2.05, 4.69) is 67.2 Å². The third kappa shape index (κ3) is 3.29. The Labute approximate surface area is 125 Å². The zero-order valence-corrected chi connectivity index (χ0v) is 13.4. The maximum Gasteiger partial charge on any atom is 1.00 e. The quantitative estimate of drug-likeness (QED) is 0.627. The van der Waals surface area contributed by atoms with Crippen LogP contribution in [-0.4, -0.2) is 43.4 Å². The van der Waals surface area contributed by atoms with Crippen molar-refractivity contribution in [1.82, 2.24) is 9.13 Å². The van der Waals surface area contributed by atoms with Gasteiger partial charge in [0.15, 0.2) is 0 Å². The van der Waals surface area contributed by atoms with Gasteiger partial charge in [-0.1, -0.05) is 58.0 Å². The first-order chi connectivity index (χ1) is 8.11. The van der Waals surface area contributed by atoms with Crippen LogP contribution in [0.2, 0.25) is 0 Å². The summed E-state index contributed by atoms with van der Waals surface area (Å²) < 4.78 is 5.39. The van der Waals surface area contributed by atoms with Crippen molar-refractivity contribution in [2.45, 2.75) is 39.8 Å². The predicted molar refractivity (Wildman–Crippen MR) is 75.5 cm³/mol. The van der Waals surface area contributed by atoms with Gasteiger partial charge >= 0.3 is 18.9 Å². The molecule has 1 aliphatic heterocycles. The van der Waals surface area contributed by atoms with Crippen molar-refractivity contribution in [1.29, 1.82) is 0 Å². The summed E-state index contributed by atoms with van der Waals surface area (Å²) in [6.07, 6.45) is 0. The van der Waals surface area contributed by atoms with Gasteiger partial charge in [-0.25, -0.2) is 0 Å². The van der Waals surface area contributed by atoms with E-state index in [1.807, 2.05) is 0 Å². The molecule has 4 heteroatoms. The SMILES string of the molecule is CC(C)N1CCN(C(C)C)[Si-]1c1ccccc1.[Li+]. The molecule has 18 heavy (non-hydrogen) atoms. The summed E-state index contributed by atoms with van der Waals surface area (Å²) in [5, 5.41) is 1.53. The molecule has 0 radical (unpaired) electrons. The Morgan fingerprint density at radius 2 is 1.33 bits per heavy atom. The van der Waals surface area contributed by atoms with E-state index < -0.39 is 9.12 Å². The van der Waals surface area contributed by atoms with Crippen molar-refractivity contribution >= 4 is 14.3 Å². The fraction of sp³-hybridized carbons (Fsp3) is 0.571. The van der Waals surface area contributed by atoms with Crippen LogP contribution in [0.15, 0.2) is 30.3 Å². The molecule has 0 aromatic heterocycles. The van der Waals surface area contributed by atoms with Gasteiger partial charge in [-0.05, 0) is 25.2 Å². The van der Waals surface area contributed by atoms with Gasteiger partial charge in [0.2, 0.25) is 0 Å². The Balaban J connectivity index is 0.00000162. The third-order valence-corrected chi connectivity index (χ3v) is 6.82. The average molecular weight is 254 g/mol. The Bertz CT molecular complexity index is 340. The van der Waals surface area contributed by atoms with E-state index in [1.165, 1.54) is 18.3 Å². The normalized spacial score (nSPS) is 17.6. The fourth-order valence-electron chi connectivity index (χ4n) is 2.52. The van der Waals surface area contributed by atoms with Crippen molar-refractivity contribution < 1.29 is 18.9 Å². The maximum absolute atomic E-state index is 2.69. The Morgan fingerprint density at radius 1 is 0.889 bits per heavy atom. The zero-order chi connectivity index (χ0) is 12.4. The Hall–Kier alpha value is -0.0457. The summed E-state index contributed by atoms with van der Waals surface area (Å²) in [4.78, 5) is 0. The van der Waals surface area contributed by atoms with Crippen LogP contribution in [0, 0.1) is 0 Å². The van der Waals surface area contributed by atoms with Crippen LogP contribution in [0.4, 0.5) is 0 Å². The van der Waals surface area contributed by atoms with E-state index in [0.29, 0.717) is 12.1 Å². The topological polar surface area (TPSA) is 6.48 Å². The van der Waals surface area contributed by atoms with Gasteiger partial charge in [0.25, 0.3) is 0 Å². The molecule has 0 aliphatic carbocycles. The summed E-state index contributed by atoms with van der Waals surface area (Å²) in [6, 6.07) is 12.3. The van der Waals surface area contributed by atoms with E-state index >= 15 is 0 Å². The van der Waals surface area contributed by atoms with Crippen molar-refractivity contribution in [2.75, 3.05) is 13.1 Å². The molecule has 1 aromatic carbocycles. The Morgan fingerprint density at radius 3 is 1.72 bits per heavy atom. The zero-order valence-electron chi connectivity index (χ0n) is 12.4. The van der Waals surface area contributed by atoms with Gasteiger partial charge in [0.1, 0.15) is 0 Å². The van der Waals surface area contributed by atoms with Gasteiger partial charge in [0, 0.05) is 0 Å². The molecule has 1 aromatic rings. The molecule has 0 bridgehead atoms. The summed E-state index contributed by atoms with van der Waals surface area (Å²) in [7, 11) is -0.699. The van der Waals surface area contributed by atoms with E-state index in [-0.39, 0.29) is 18.9 Å². The van der Waals surface area contributed by atoms with Gasteiger partial charge < -0.3 is 9.13 Å². The second kappa shape index (κ2) is 6.93. The minimum atomic E-state index is -0.699. The largest absolute Gasteiger partial charge is 1.00 e. The average Bonchev–Trinajstić information content (AvgIpc) is 2.74. The molecular weight excluding hydrogens is 231 g/mol. The van der Waals surface area contributed by atoms with Gasteiger partial charge in [-0.2, -0.15) is 5.19 Å². The van der Waals surface area contributed by atoms with Gasteiger partial charge in [-0.3, -0.25) is 0 Å². The second-order valence-corrected chi connectivity index (χ2v) is 7.64. The molecule has 0 amide bonds. The van der Waals surface area contributed by atoms with Crippen molar-refractivity contribution in [3.05, 3.63) is 30.3 Å². The second-order valence-electron chi connectivity index (χ2n) is 5.26. The number of rotatable bonds is 3. The molecule has 1 saturated heterocycles. The first kappa shape index (κ1) is 16.0. The van der Waals surface area contributed by atoms with E-state index in [4.69, 9.17) is 0 Å². The molecule has 1 aliphatic rings. The van der Waals surface area contributed by atoms with Gasteiger partial charge in [0.05, 0.1) is 0 Å². The maximum atomic E-state index is 2.69. The van der Waals surface area contributed by atoms with Crippen molar-refractivity contribution in [2.24, 2.45) is 0 Å². The molecule has 0 atom stereocenters. The molecule has 0 spiro atoms. The minimum absolute atomic E-state index is 0. The third-order valence-electron chi connectivity index (χ3n) is 3.40.